The number of nitrogens with zero attached hydrogens (tertiary/aromatic N) is 2. The number of benzene rings is 1. The number of ether oxygens (including phenoxy) is 3. The number of aromatic nitrogens is 1. The van der Waals surface area contributed by atoms with Gasteiger partial charge in [0.1, 0.15) is 34.7 Å². The quantitative estimate of drug-likeness (QED) is 0.343. The molecule has 3 saturated carbocycles. The third-order valence-corrected chi connectivity index (χ3v) is 14.7. The van der Waals surface area contributed by atoms with Gasteiger partial charge in [-0.15, -0.1) is 0 Å². The Labute approximate surface area is 321 Å². The standard InChI is InChI=1S/C40H51N5O9S/c1-4-53-37(49)42-30-11-9-7-5-6-8-10-25-21-40(25,36(48)44-55(50,51)38(2)18-19-38)43-34(46)31-22-39(23-45(31)35(30)47)17-16-27-28-20-26(52-3)14-15-29(28)41-32(24-12-13-24)33(27)54-39/h8,10,14-15,20,24-25,30-31H,4-7,9,11-13,16-19,21-23H2,1-3H3,(H,42,49)(H,43,46)(H,44,48)/b10-8-/t25-,30+,31+,39-,40-/m1/s1. The fourth-order valence-electron chi connectivity index (χ4n) is 8.61. The van der Waals surface area contributed by atoms with Crippen molar-refractivity contribution >= 4 is 44.7 Å². The van der Waals surface area contributed by atoms with Crippen LogP contribution in [-0.4, -0.2) is 90.3 Å². The minimum absolute atomic E-state index is 0.0693. The summed E-state index contributed by atoms with van der Waals surface area (Å²) in [6.45, 7) is 3.49. The molecule has 3 aliphatic heterocycles. The van der Waals surface area contributed by atoms with Crippen LogP contribution in [0.2, 0.25) is 0 Å². The molecule has 15 heteroatoms. The van der Waals surface area contributed by atoms with Gasteiger partial charge in [-0.05, 0) is 96.3 Å². The van der Waals surface area contributed by atoms with Gasteiger partial charge in [-0.25, -0.2) is 18.2 Å². The van der Waals surface area contributed by atoms with Crippen LogP contribution >= 0.6 is 0 Å². The third kappa shape index (κ3) is 7.01. The lowest BCUT2D eigenvalue weighted by atomic mass is 9.86. The van der Waals surface area contributed by atoms with Gasteiger partial charge in [-0.3, -0.25) is 19.1 Å². The van der Waals surface area contributed by atoms with Crippen molar-refractivity contribution in [2.24, 2.45) is 5.92 Å². The summed E-state index contributed by atoms with van der Waals surface area (Å²) in [6.07, 6.45) is 10.8. The van der Waals surface area contributed by atoms with Crippen LogP contribution in [0, 0.1) is 5.92 Å². The van der Waals surface area contributed by atoms with Gasteiger partial charge in [0.2, 0.25) is 21.8 Å². The maximum Gasteiger partial charge on any atom is 0.407 e. The number of fused-ring (bicyclic) bond motifs is 5. The lowest BCUT2D eigenvalue weighted by Gasteiger charge is -2.37. The number of hydrogen-bond donors (Lipinski definition) is 3. The first-order chi connectivity index (χ1) is 26.3. The predicted octanol–water partition coefficient (Wildman–Crippen LogP) is 4.29. The number of carbonyl (C=O) groups excluding carboxylic acids is 4. The molecular formula is C40H51N5O9S. The summed E-state index contributed by atoms with van der Waals surface area (Å²) >= 11 is 0. The molecule has 1 aromatic heterocycles. The van der Waals surface area contributed by atoms with Gasteiger partial charge in [0, 0.05) is 29.2 Å². The van der Waals surface area contributed by atoms with E-state index < -0.39 is 67.7 Å². The highest BCUT2D eigenvalue weighted by Gasteiger charge is 2.64. The number of rotatable bonds is 7. The van der Waals surface area contributed by atoms with Crippen LogP contribution in [0.3, 0.4) is 0 Å². The molecule has 296 valence electrons. The number of hydrogen-bond acceptors (Lipinski definition) is 10. The van der Waals surface area contributed by atoms with Crippen molar-refractivity contribution < 1.29 is 41.8 Å². The minimum Gasteiger partial charge on any atom is -0.497 e. The molecule has 0 bridgehead atoms. The number of pyridine rings is 1. The van der Waals surface area contributed by atoms with E-state index in [1.165, 1.54) is 4.90 Å². The fourth-order valence-corrected chi connectivity index (χ4v) is 9.92. The number of methoxy groups -OCH3 is 1. The monoisotopic (exact) mass is 777 g/mol. The van der Waals surface area contributed by atoms with E-state index in [2.05, 4.69) is 15.4 Å². The molecule has 1 spiro atoms. The molecule has 3 aliphatic carbocycles. The summed E-state index contributed by atoms with van der Waals surface area (Å²) in [5.41, 5.74) is 0.289. The van der Waals surface area contributed by atoms with Crippen LogP contribution in [0.1, 0.15) is 108 Å². The fraction of sp³-hybridized carbons (Fsp3) is 0.625. The molecule has 4 fully saturated rings. The van der Waals surface area contributed by atoms with E-state index in [4.69, 9.17) is 19.2 Å². The highest BCUT2D eigenvalue weighted by atomic mass is 32.2. The highest BCUT2D eigenvalue weighted by molar-refractivity contribution is 7.91. The number of allylic oxidation sites excluding steroid dienone is 1. The molecule has 1 saturated heterocycles. The van der Waals surface area contributed by atoms with Crippen LogP contribution in [0.4, 0.5) is 4.79 Å². The average Bonchev–Trinajstić information content (AvgIpc) is 4.09. The molecule has 4 amide bonds. The van der Waals surface area contributed by atoms with Gasteiger partial charge in [0.25, 0.3) is 5.91 Å². The molecule has 3 N–H and O–H groups in total. The summed E-state index contributed by atoms with van der Waals surface area (Å²) in [5.74, 6) is -0.565. The summed E-state index contributed by atoms with van der Waals surface area (Å²) in [6, 6.07) is 3.78. The van der Waals surface area contributed by atoms with E-state index in [9.17, 15) is 27.6 Å². The SMILES string of the molecule is CCOC(=O)N[C@H]1CCCCC/C=C\[C@@H]2C[C@@]2(C(=O)NS(=O)(=O)C2(C)CC2)NC(=O)[C@@H]2C[C@]3(CCc4c(c(C5CC5)nc5ccc(OC)cc45)O3)CN2C1=O. The van der Waals surface area contributed by atoms with Crippen molar-refractivity contribution in [3.63, 3.8) is 0 Å². The number of aryl methyl sites for hydroxylation is 1. The Morgan fingerprint density at radius 1 is 1.09 bits per heavy atom. The molecular weight excluding hydrogens is 727 g/mol. The smallest absolute Gasteiger partial charge is 0.407 e. The first kappa shape index (κ1) is 37.5. The first-order valence-electron chi connectivity index (χ1n) is 19.8. The molecule has 4 heterocycles. The number of amides is 4. The van der Waals surface area contributed by atoms with E-state index in [1.54, 1.807) is 21.0 Å². The van der Waals surface area contributed by atoms with Gasteiger partial charge in [-0.2, -0.15) is 0 Å². The van der Waals surface area contributed by atoms with E-state index >= 15 is 0 Å². The average molecular weight is 778 g/mol. The van der Waals surface area contributed by atoms with Crippen LogP contribution in [0.15, 0.2) is 30.4 Å². The molecule has 2 aromatic rings. The maximum atomic E-state index is 14.7. The van der Waals surface area contributed by atoms with Crippen molar-refractivity contribution in [1.82, 2.24) is 25.2 Å². The van der Waals surface area contributed by atoms with Crippen molar-refractivity contribution in [3.8, 4) is 11.5 Å². The van der Waals surface area contributed by atoms with E-state index in [0.29, 0.717) is 56.4 Å². The lowest BCUT2D eigenvalue weighted by molar-refractivity contribution is -0.141. The van der Waals surface area contributed by atoms with Gasteiger partial charge >= 0.3 is 6.09 Å². The molecule has 1 aromatic carbocycles. The zero-order valence-electron chi connectivity index (χ0n) is 31.8. The number of carbonyl (C=O) groups is 4. The summed E-state index contributed by atoms with van der Waals surface area (Å²) < 4.78 is 45.5. The topological polar surface area (TPSA) is 182 Å². The second-order valence-electron chi connectivity index (χ2n) is 16.6. The first-order valence-corrected chi connectivity index (χ1v) is 21.3. The Morgan fingerprint density at radius 3 is 2.62 bits per heavy atom. The third-order valence-electron chi connectivity index (χ3n) is 12.6. The molecule has 0 unspecified atom stereocenters. The Balaban J connectivity index is 1.15. The van der Waals surface area contributed by atoms with Gasteiger partial charge in [0.05, 0.1) is 36.2 Å². The van der Waals surface area contributed by atoms with Crippen LogP contribution in [-0.2, 0) is 35.6 Å². The van der Waals surface area contributed by atoms with Gasteiger partial charge in [0.15, 0.2) is 0 Å². The molecule has 8 rings (SSSR count). The van der Waals surface area contributed by atoms with Gasteiger partial charge in [-0.1, -0.05) is 25.0 Å². The minimum atomic E-state index is -3.98. The van der Waals surface area contributed by atoms with Crippen LogP contribution in [0.5, 0.6) is 11.5 Å². The van der Waals surface area contributed by atoms with Crippen molar-refractivity contribution in [2.75, 3.05) is 20.3 Å². The molecule has 0 radical (unpaired) electrons. The van der Waals surface area contributed by atoms with Crippen LogP contribution in [0.25, 0.3) is 10.9 Å². The summed E-state index contributed by atoms with van der Waals surface area (Å²) in [4.78, 5) is 62.6. The van der Waals surface area contributed by atoms with Crippen molar-refractivity contribution in [2.45, 2.75) is 131 Å². The van der Waals surface area contributed by atoms with E-state index in [0.717, 1.165) is 47.8 Å². The summed E-state index contributed by atoms with van der Waals surface area (Å²) in [5, 5.41) is 6.65. The highest BCUT2D eigenvalue weighted by Crippen LogP contribution is 2.52. The molecule has 55 heavy (non-hydrogen) atoms. The van der Waals surface area contributed by atoms with E-state index in [1.807, 2.05) is 30.4 Å². The number of alkyl carbamates (subject to hydrolysis) is 1. The van der Waals surface area contributed by atoms with Crippen molar-refractivity contribution in [3.05, 3.63) is 41.6 Å². The van der Waals surface area contributed by atoms with Crippen molar-refractivity contribution in [1.29, 1.82) is 0 Å². The Kier molecular flexibility index (Phi) is 9.53. The zero-order chi connectivity index (χ0) is 38.8. The Bertz CT molecular complexity index is 2060. The number of nitrogens with one attached hydrogen (secondary N) is 3. The lowest BCUT2D eigenvalue weighted by Crippen LogP contribution is -2.58. The maximum absolute atomic E-state index is 14.7. The molecule has 14 nitrogen and oxygen atoms in total. The molecule has 6 aliphatic rings. The Morgan fingerprint density at radius 2 is 1.89 bits per heavy atom. The van der Waals surface area contributed by atoms with E-state index in [-0.39, 0.29) is 31.9 Å². The summed E-state index contributed by atoms with van der Waals surface area (Å²) in [7, 11) is -2.36. The molecule has 5 atom stereocenters. The van der Waals surface area contributed by atoms with Crippen LogP contribution < -0.4 is 24.8 Å². The zero-order valence-corrected chi connectivity index (χ0v) is 32.6. The number of sulfonamides is 1. The largest absolute Gasteiger partial charge is 0.497 e. The second kappa shape index (κ2) is 14.0. The Hall–Kier alpha value is -4.40. The second-order valence-corrected chi connectivity index (χ2v) is 18.8. The normalized spacial score (nSPS) is 30.7. The predicted molar refractivity (Wildman–Crippen MR) is 202 cm³/mol. The van der Waals surface area contributed by atoms with Gasteiger partial charge < -0.3 is 29.7 Å².